The number of ether oxygens (including phenoxy) is 1. The highest BCUT2D eigenvalue weighted by Crippen LogP contribution is 2.20. The second kappa shape index (κ2) is 9.61. The Balaban J connectivity index is 1.58. The number of hydrogen-bond acceptors (Lipinski definition) is 7. The van der Waals surface area contributed by atoms with E-state index in [1.807, 2.05) is 18.2 Å². The maximum Gasteiger partial charge on any atom is 0.280 e. The van der Waals surface area contributed by atoms with E-state index in [4.69, 9.17) is 4.74 Å². The van der Waals surface area contributed by atoms with Crippen molar-refractivity contribution in [1.82, 2.24) is 25.1 Å². The van der Waals surface area contributed by atoms with Gasteiger partial charge in [0.15, 0.2) is 11.6 Å². The van der Waals surface area contributed by atoms with Crippen molar-refractivity contribution in [1.29, 1.82) is 0 Å². The number of amides is 1. The maximum absolute atomic E-state index is 13.6. The zero-order chi connectivity index (χ0) is 24.2. The molecule has 2 heterocycles. The molecule has 0 aliphatic rings. The number of fused-ring (bicyclic) bond motifs is 1. The lowest BCUT2D eigenvalue weighted by Gasteiger charge is -2.11. The van der Waals surface area contributed by atoms with E-state index in [-0.39, 0.29) is 24.5 Å². The molecule has 0 saturated heterocycles. The molecule has 11 heteroatoms. The molecular weight excluding hydrogens is 446 g/mol. The first-order chi connectivity index (χ1) is 16.4. The molecule has 2 aromatic heterocycles. The first-order valence-corrected chi connectivity index (χ1v) is 10.2. The van der Waals surface area contributed by atoms with Gasteiger partial charge >= 0.3 is 0 Å². The molecular formula is C23H20F2N6O3. The van der Waals surface area contributed by atoms with E-state index in [1.54, 1.807) is 7.05 Å². The molecule has 1 amide bonds. The van der Waals surface area contributed by atoms with Gasteiger partial charge in [0.2, 0.25) is 5.88 Å². The van der Waals surface area contributed by atoms with Gasteiger partial charge < -0.3 is 15.4 Å². The number of methoxy groups -OCH3 is 1. The summed E-state index contributed by atoms with van der Waals surface area (Å²) in [5.74, 6) is -2.01. The highest BCUT2D eigenvalue weighted by atomic mass is 19.2. The molecule has 0 unspecified atom stereocenters. The summed E-state index contributed by atoms with van der Waals surface area (Å²) >= 11 is 0. The Morgan fingerprint density at radius 3 is 2.59 bits per heavy atom. The minimum Gasteiger partial charge on any atom is -0.480 e. The summed E-state index contributed by atoms with van der Waals surface area (Å²) in [4.78, 5) is 34.1. The lowest BCUT2D eigenvalue weighted by molar-refractivity contribution is 0.0947. The van der Waals surface area contributed by atoms with Gasteiger partial charge in [0.1, 0.15) is 17.7 Å². The summed E-state index contributed by atoms with van der Waals surface area (Å²) < 4.78 is 32.9. The van der Waals surface area contributed by atoms with Crippen LogP contribution in [0.3, 0.4) is 0 Å². The lowest BCUT2D eigenvalue weighted by Crippen LogP contribution is -2.34. The van der Waals surface area contributed by atoms with E-state index in [0.29, 0.717) is 11.4 Å². The van der Waals surface area contributed by atoms with Crippen LogP contribution in [0.5, 0.6) is 5.88 Å². The Morgan fingerprint density at radius 2 is 1.85 bits per heavy atom. The number of halogens is 2. The van der Waals surface area contributed by atoms with Crippen molar-refractivity contribution in [2.75, 3.05) is 19.5 Å². The second-order valence-electron chi connectivity index (χ2n) is 7.32. The Kier molecular flexibility index (Phi) is 6.44. The second-order valence-corrected chi connectivity index (χ2v) is 7.32. The zero-order valence-corrected chi connectivity index (χ0v) is 18.3. The maximum atomic E-state index is 13.6. The molecule has 4 rings (SSSR count). The van der Waals surface area contributed by atoms with Crippen molar-refractivity contribution in [3.63, 3.8) is 0 Å². The Labute approximate surface area is 192 Å². The third-order valence-corrected chi connectivity index (χ3v) is 5.11. The molecule has 34 heavy (non-hydrogen) atoms. The normalized spacial score (nSPS) is 10.8. The van der Waals surface area contributed by atoms with E-state index in [2.05, 4.69) is 25.7 Å². The van der Waals surface area contributed by atoms with E-state index < -0.39 is 23.1 Å². The molecule has 0 bridgehead atoms. The molecule has 0 spiro atoms. The number of carbonyl (C=O) groups excluding carboxylic acids is 1. The molecule has 0 aliphatic carbocycles. The van der Waals surface area contributed by atoms with Crippen molar-refractivity contribution in [2.24, 2.45) is 0 Å². The highest BCUT2D eigenvalue weighted by molar-refractivity contribution is 5.94. The summed E-state index contributed by atoms with van der Waals surface area (Å²) in [6, 6.07) is 9.94. The number of aromatic nitrogens is 4. The van der Waals surface area contributed by atoms with Gasteiger partial charge in [-0.05, 0) is 35.4 Å². The van der Waals surface area contributed by atoms with Crippen molar-refractivity contribution < 1.29 is 18.3 Å². The van der Waals surface area contributed by atoms with Crippen LogP contribution in [0.1, 0.15) is 21.5 Å². The summed E-state index contributed by atoms with van der Waals surface area (Å²) in [5.41, 5.74) is 0.914. The quantitative estimate of drug-likeness (QED) is 0.431. The van der Waals surface area contributed by atoms with Crippen LogP contribution in [0.15, 0.2) is 53.6 Å². The van der Waals surface area contributed by atoms with Crippen molar-refractivity contribution in [3.05, 3.63) is 87.5 Å². The predicted molar refractivity (Wildman–Crippen MR) is 121 cm³/mol. The van der Waals surface area contributed by atoms with Gasteiger partial charge in [-0.3, -0.25) is 9.59 Å². The molecule has 0 aliphatic heterocycles. The van der Waals surface area contributed by atoms with Gasteiger partial charge in [0.05, 0.1) is 19.2 Å². The van der Waals surface area contributed by atoms with Gasteiger partial charge in [0.25, 0.3) is 11.5 Å². The average Bonchev–Trinajstić information content (AvgIpc) is 2.85. The molecule has 2 N–H and O–H groups in total. The fourth-order valence-corrected chi connectivity index (χ4v) is 3.39. The van der Waals surface area contributed by atoms with Crippen LogP contribution in [-0.2, 0) is 13.1 Å². The average molecular weight is 466 g/mol. The highest BCUT2D eigenvalue weighted by Gasteiger charge is 2.17. The van der Waals surface area contributed by atoms with Gasteiger partial charge in [-0.1, -0.05) is 12.1 Å². The molecule has 0 fully saturated rings. The van der Waals surface area contributed by atoms with Gasteiger partial charge in [-0.2, -0.15) is 0 Å². The topological polar surface area (TPSA) is 111 Å². The van der Waals surface area contributed by atoms with Crippen LogP contribution < -0.4 is 20.9 Å². The summed E-state index contributed by atoms with van der Waals surface area (Å²) in [7, 11) is 3.09. The number of nitrogens with zero attached hydrogens (tertiary/aromatic N) is 4. The van der Waals surface area contributed by atoms with E-state index in [9.17, 15) is 18.4 Å². The van der Waals surface area contributed by atoms with Crippen molar-refractivity contribution >= 4 is 22.6 Å². The van der Waals surface area contributed by atoms with Crippen molar-refractivity contribution in [2.45, 2.75) is 13.1 Å². The first kappa shape index (κ1) is 22.8. The van der Waals surface area contributed by atoms with Crippen LogP contribution in [0.4, 0.5) is 14.6 Å². The first-order valence-electron chi connectivity index (χ1n) is 10.2. The molecule has 0 atom stereocenters. The molecule has 2 aromatic carbocycles. The van der Waals surface area contributed by atoms with Crippen molar-refractivity contribution in [3.8, 4) is 5.88 Å². The minimum atomic E-state index is -1.05. The monoisotopic (exact) mass is 466 g/mol. The smallest absolute Gasteiger partial charge is 0.280 e. The Morgan fingerprint density at radius 1 is 1.06 bits per heavy atom. The molecule has 0 radical (unpaired) electrons. The summed E-state index contributed by atoms with van der Waals surface area (Å²) in [6.07, 6.45) is 1.46. The summed E-state index contributed by atoms with van der Waals surface area (Å²) in [6.45, 7) is -0.0367. The zero-order valence-electron chi connectivity index (χ0n) is 18.3. The number of anilines is 1. The number of benzene rings is 2. The Hall–Kier alpha value is -4.41. The summed E-state index contributed by atoms with van der Waals surface area (Å²) in [5, 5.41) is 10.5. The van der Waals surface area contributed by atoms with Gasteiger partial charge in [-0.25, -0.2) is 23.4 Å². The fourth-order valence-electron chi connectivity index (χ4n) is 3.39. The minimum absolute atomic E-state index is 0.0221. The lowest BCUT2D eigenvalue weighted by atomic mass is 10.1. The number of rotatable bonds is 7. The van der Waals surface area contributed by atoms with Crippen LogP contribution >= 0.6 is 0 Å². The van der Waals surface area contributed by atoms with Gasteiger partial charge in [-0.15, -0.1) is 5.10 Å². The van der Waals surface area contributed by atoms with Crippen LogP contribution in [0.25, 0.3) is 10.9 Å². The molecule has 4 aromatic rings. The van der Waals surface area contributed by atoms with Crippen LogP contribution in [0, 0.1) is 11.6 Å². The number of hydrogen-bond donors (Lipinski definition) is 2. The van der Waals surface area contributed by atoms with E-state index in [0.717, 1.165) is 33.3 Å². The molecule has 9 nitrogen and oxygen atoms in total. The van der Waals surface area contributed by atoms with Crippen LogP contribution in [-0.4, -0.2) is 39.8 Å². The number of carbonyl (C=O) groups is 1. The predicted octanol–water partition coefficient (Wildman–Crippen LogP) is 2.49. The van der Waals surface area contributed by atoms with Gasteiger partial charge in [0, 0.05) is 25.0 Å². The van der Waals surface area contributed by atoms with Crippen LogP contribution in [0.2, 0.25) is 0 Å². The fraction of sp³-hybridized carbons (Fsp3) is 0.174. The number of nitrogens with one attached hydrogen (secondary N) is 2. The molecule has 174 valence electrons. The Bertz CT molecular complexity index is 1440. The molecule has 0 saturated carbocycles. The van der Waals surface area contributed by atoms with E-state index >= 15 is 0 Å². The van der Waals surface area contributed by atoms with E-state index in [1.165, 1.54) is 25.6 Å². The largest absolute Gasteiger partial charge is 0.480 e. The third-order valence-electron chi connectivity index (χ3n) is 5.11. The third kappa shape index (κ3) is 4.68. The SMILES string of the molecule is CNc1ncnc2ccc(CNC(=O)c3cc(OC)nn(Cc4ccc(F)c(F)c4)c3=O)cc12. The standard InChI is InChI=1S/C23H20F2N6O3/c1-26-21-15-7-13(4-6-19(15)28-12-29-21)10-27-22(32)16-9-20(34-2)30-31(23(16)33)11-14-3-5-17(24)18(25)8-14/h3-9,12H,10-11H2,1-2H3,(H,27,32)(H,26,28,29).